The molecule has 2 N–H and O–H groups in total. The summed E-state index contributed by atoms with van der Waals surface area (Å²) >= 11 is 3.34. The van der Waals surface area contributed by atoms with Gasteiger partial charge in [0.05, 0.1) is 30.1 Å². The molecule has 0 radical (unpaired) electrons. The Balaban J connectivity index is 0.00000242. The fraction of sp³-hybridized carbons (Fsp3) is 0.286. The zero-order chi connectivity index (χ0) is 15.4. The number of hydrogen-bond donors (Lipinski definition) is 1. The lowest BCUT2D eigenvalue weighted by Gasteiger charge is -2.06. The van der Waals surface area contributed by atoms with E-state index in [2.05, 4.69) is 21.0 Å². The van der Waals surface area contributed by atoms with Gasteiger partial charge < -0.3 is 10.5 Å². The van der Waals surface area contributed by atoms with Gasteiger partial charge in [-0.25, -0.2) is 18.4 Å². The minimum atomic E-state index is -0.382. The van der Waals surface area contributed by atoms with E-state index in [1.165, 1.54) is 18.0 Å². The molecule has 0 amide bonds. The minimum absolute atomic E-state index is 0. The van der Waals surface area contributed by atoms with Crippen LogP contribution in [0.5, 0.6) is 5.75 Å². The summed E-state index contributed by atoms with van der Waals surface area (Å²) in [6.07, 6.45) is 1.77. The Morgan fingerprint density at radius 2 is 2.27 bits per heavy atom. The van der Waals surface area contributed by atoms with Crippen LogP contribution in [-0.4, -0.2) is 28.0 Å². The lowest BCUT2D eigenvalue weighted by molar-refractivity contribution is 0.412. The first-order valence-electron chi connectivity index (χ1n) is 6.07. The van der Waals surface area contributed by atoms with Crippen LogP contribution < -0.4 is 16.2 Å². The van der Waals surface area contributed by atoms with Crippen LogP contribution in [0.2, 0.25) is 0 Å². The first-order valence-corrected chi connectivity index (χ1v) is 6.86. The Labute approximate surface area is 136 Å². The molecule has 0 aliphatic carbocycles. The normalized spacial score (nSPS) is 11.2. The molecule has 2 aromatic rings. The first kappa shape index (κ1) is 18.1. The molecule has 8 heteroatoms. The van der Waals surface area contributed by atoms with Crippen LogP contribution in [0, 0.1) is 0 Å². The average Bonchev–Trinajstić information content (AvgIpc) is 2.86. The molecule has 0 unspecified atom stereocenters. The van der Waals surface area contributed by atoms with Crippen molar-refractivity contribution < 1.29 is 9.13 Å². The number of hydrogen-bond acceptors (Lipinski definition) is 4. The van der Waals surface area contributed by atoms with E-state index in [0.29, 0.717) is 17.8 Å². The molecule has 0 fully saturated rings. The number of aromatic nitrogens is 3. The Hall–Kier alpha value is -1.93. The number of methoxy groups -OCH3 is 1. The molecule has 6 nitrogen and oxygen atoms in total. The van der Waals surface area contributed by atoms with Crippen molar-refractivity contribution in [3.8, 4) is 11.4 Å². The maximum absolute atomic E-state index is 12.5. The molecule has 120 valence electrons. The van der Waals surface area contributed by atoms with E-state index in [4.69, 9.17) is 10.5 Å². The van der Waals surface area contributed by atoms with Gasteiger partial charge in [0.25, 0.3) is 0 Å². The highest BCUT2D eigenvalue weighted by Gasteiger charge is 2.10. The first-order chi connectivity index (χ1) is 10.1. The van der Waals surface area contributed by atoms with Gasteiger partial charge in [-0.1, -0.05) is 7.43 Å². The molecule has 1 aromatic heterocycles. The van der Waals surface area contributed by atoms with E-state index in [-0.39, 0.29) is 31.8 Å². The molecule has 0 aliphatic heterocycles. The van der Waals surface area contributed by atoms with E-state index < -0.39 is 0 Å². The zero-order valence-electron chi connectivity index (χ0n) is 11.3. The van der Waals surface area contributed by atoms with Crippen molar-refractivity contribution in [2.45, 2.75) is 14.0 Å². The van der Waals surface area contributed by atoms with Crippen molar-refractivity contribution in [1.29, 1.82) is 0 Å². The molecule has 0 spiro atoms. The summed E-state index contributed by atoms with van der Waals surface area (Å²) in [5.74, 6) is 0.596. The average molecular weight is 373 g/mol. The smallest absolute Gasteiger partial charge is 0.350 e. The number of nitrogens with zero attached hydrogens (tertiary/aromatic N) is 3. The third-order valence-corrected chi connectivity index (χ3v) is 3.57. The zero-order valence-corrected chi connectivity index (χ0v) is 12.9. The molecule has 22 heavy (non-hydrogen) atoms. The van der Waals surface area contributed by atoms with Gasteiger partial charge in [0, 0.05) is 12.6 Å². The van der Waals surface area contributed by atoms with E-state index in [0.717, 1.165) is 9.15 Å². The maximum atomic E-state index is 12.5. The van der Waals surface area contributed by atoms with Crippen LogP contribution in [0.4, 0.5) is 4.39 Å². The fourth-order valence-corrected chi connectivity index (χ4v) is 2.17. The lowest BCUT2D eigenvalue weighted by atomic mass is 10.3. The highest BCUT2D eigenvalue weighted by atomic mass is 79.9. The van der Waals surface area contributed by atoms with E-state index >= 15 is 0 Å². The topological polar surface area (TPSA) is 75.1 Å². The molecule has 0 aliphatic rings. The summed E-state index contributed by atoms with van der Waals surface area (Å²) in [4.78, 5) is 12.2. The molecule has 2 rings (SSSR count). The molecule has 1 heterocycles. The summed E-state index contributed by atoms with van der Waals surface area (Å²) in [6, 6.07) is 5.21. The van der Waals surface area contributed by atoms with Gasteiger partial charge in [-0.3, -0.25) is 0 Å². The third-order valence-electron chi connectivity index (χ3n) is 2.92. The van der Waals surface area contributed by atoms with Gasteiger partial charge in [-0.15, -0.1) is 0 Å². The van der Waals surface area contributed by atoms with Crippen molar-refractivity contribution >= 4 is 15.9 Å². The van der Waals surface area contributed by atoms with Gasteiger partial charge in [0.1, 0.15) is 12.1 Å². The van der Waals surface area contributed by atoms with Crippen LogP contribution in [0.3, 0.4) is 0 Å². The number of nitrogens with two attached hydrogens (primary N) is 1. The molecule has 0 bridgehead atoms. The van der Waals surface area contributed by atoms with Crippen molar-refractivity contribution in [3.05, 3.63) is 51.4 Å². The van der Waals surface area contributed by atoms with Crippen LogP contribution in [0.15, 0.2) is 45.7 Å². The highest BCUT2D eigenvalue weighted by molar-refractivity contribution is 9.10. The second-order valence-electron chi connectivity index (χ2n) is 4.23. The largest absolute Gasteiger partial charge is 0.495 e. The Morgan fingerprint density at radius 1 is 1.55 bits per heavy atom. The molecule has 0 saturated carbocycles. The Bertz CT molecular complexity index is 724. The monoisotopic (exact) mass is 372 g/mol. The van der Waals surface area contributed by atoms with Gasteiger partial charge >= 0.3 is 5.69 Å². The molecular weight excluding hydrogens is 355 g/mol. The predicted octanol–water partition coefficient (Wildman–Crippen LogP) is 2.25. The van der Waals surface area contributed by atoms with Crippen LogP contribution in [-0.2, 0) is 6.54 Å². The summed E-state index contributed by atoms with van der Waals surface area (Å²) in [6.45, 7) is 0.0500. The standard InChI is InChI=1S/C13H14BrFN4O2.CH4/c1-21-12-4-10(2-3-11(12)14)18-8-17-19(13(18)20)7-9(5-15)6-16;/h2-5,8H,6-7,16H2,1H3;1H4/b9-5-;. The second kappa shape index (κ2) is 7.90. The van der Waals surface area contributed by atoms with Gasteiger partial charge in [-0.2, -0.15) is 5.10 Å². The van der Waals surface area contributed by atoms with E-state index in [9.17, 15) is 9.18 Å². The number of ether oxygens (including phenoxy) is 1. The van der Waals surface area contributed by atoms with Crippen molar-refractivity contribution in [2.24, 2.45) is 5.73 Å². The molecule has 0 atom stereocenters. The van der Waals surface area contributed by atoms with Crippen molar-refractivity contribution in [1.82, 2.24) is 14.3 Å². The lowest BCUT2D eigenvalue weighted by Crippen LogP contribution is -2.25. The van der Waals surface area contributed by atoms with Crippen LogP contribution in [0.25, 0.3) is 5.69 Å². The summed E-state index contributed by atoms with van der Waals surface area (Å²) in [7, 11) is 1.54. The Morgan fingerprint density at radius 3 is 2.86 bits per heavy atom. The van der Waals surface area contributed by atoms with Crippen molar-refractivity contribution in [2.75, 3.05) is 13.7 Å². The second-order valence-corrected chi connectivity index (χ2v) is 5.09. The Kier molecular flexibility index (Phi) is 6.51. The number of halogens is 2. The van der Waals surface area contributed by atoms with Crippen LogP contribution in [0.1, 0.15) is 7.43 Å². The molecule has 1 aromatic carbocycles. The van der Waals surface area contributed by atoms with Crippen molar-refractivity contribution in [3.63, 3.8) is 0 Å². The summed E-state index contributed by atoms with van der Waals surface area (Å²) in [5.41, 5.74) is 5.88. The summed E-state index contributed by atoms with van der Waals surface area (Å²) < 4.78 is 21.0. The van der Waals surface area contributed by atoms with Gasteiger partial charge in [0.2, 0.25) is 0 Å². The van der Waals surface area contributed by atoms with E-state index in [1.807, 2.05) is 0 Å². The minimum Gasteiger partial charge on any atom is -0.495 e. The molecular formula is C14H18BrFN4O2. The fourth-order valence-electron chi connectivity index (χ4n) is 1.76. The van der Waals surface area contributed by atoms with E-state index in [1.54, 1.807) is 18.2 Å². The van der Waals surface area contributed by atoms with Crippen LogP contribution >= 0.6 is 15.9 Å². The third kappa shape index (κ3) is 3.63. The van der Waals surface area contributed by atoms with Gasteiger partial charge in [0.15, 0.2) is 0 Å². The quantitative estimate of drug-likeness (QED) is 0.873. The number of rotatable bonds is 5. The molecule has 0 saturated heterocycles. The maximum Gasteiger partial charge on any atom is 0.350 e. The SMILES string of the molecule is C.COc1cc(-n2cnn(C/C(=C\F)CN)c2=O)ccc1Br. The predicted molar refractivity (Wildman–Crippen MR) is 87.1 cm³/mol. The summed E-state index contributed by atoms with van der Waals surface area (Å²) in [5, 5.41) is 3.96. The van der Waals surface area contributed by atoms with Gasteiger partial charge in [-0.05, 0) is 33.6 Å². The highest BCUT2D eigenvalue weighted by Crippen LogP contribution is 2.26. The number of benzene rings is 1.